The third kappa shape index (κ3) is 4.47. The van der Waals surface area contributed by atoms with E-state index < -0.39 is 0 Å². The Labute approximate surface area is 79.3 Å². The van der Waals surface area contributed by atoms with Crippen molar-refractivity contribution in [1.82, 2.24) is 0 Å². The van der Waals surface area contributed by atoms with Crippen LogP contribution >= 0.6 is 0 Å². The van der Waals surface area contributed by atoms with Gasteiger partial charge in [0.1, 0.15) is 0 Å². The topological polar surface area (TPSA) is 81.3 Å². The maximum Gasteiger partial charge on any atom is 0.0517 e. The van der Waals surface area contributed by atoms with Gasteiger partial charge in [-0.1, -0.05) is 25.1 Å². The zero-order valence-corrected chi connectivity index (χ0v) is 7.98. The minimum absolute atomic E-state index is 0.907. The van der Waals surface area contributed by atoms with E-state index in [2.05, 4.69) is 18.6 Å². The molecule has 0 fully saturated rings. The van der Waals surface area contributed by atoms with Gasteiger partial charge in [-0.3, -0.25) is 11.7 Å². The van der Waals surface area contributed by atoms with E-state index in [9.17, 15) is 0 Å². The smallest absolute Gasteiger partial charge is 0.0517 e. The second-order valence-electron chi connectivity index (χ2n) is 2.53. The fraction of sp³-hybridized carbons (Fsp3) is 0.333. The lowest BCUT2D eigenvalue weighted by Gasteiger charge is -2.16. The zero-order chi connectivity index (χ0) is 10.1. The van der Waals surface area contributed by atoms with Gasteiger partial charge in [0.2, 0.25) is 0 Å². The molecule has 0 bridgehead atoms. The molecule has 74 valence electrons. The molecule has 0 saturated heterocycles. The second-order valence-corrected chi connectivity index (χ2v) is 2.53. The molecule has 0 saturated carbocycles. The quantitative estimate of drug-likeness (QED) is 0.472. The first kappa shape index (κ1) is 11.9. The summed E-state index contributed by atoms with van der Waals surface area (Å²) in [5, 5.41) is 1.76. The van der Waals surface area contributed by atoms with Gasteiger partial charge in [0.25, 0.3) is 0 Å². The van der Waals surface area contributed by atoms with E-state index in [1.165, 1.54) is 0 Å². The van der Waals surface area contributed by atoms with E-state index in [0.29, 0.717) is 0 Å². The maximum absolute atomic E-state index is 5.74. The van der Waals surface area contributed by atoms with Gasteiger partial charge in [-0.25, -0.2) is 5.84 Å². The Morgan fingerprint density at radius 3 is 2.15 bits per heavy atom. The molecule has 0 atom stereocenters. The molecule has 1 aromatic rings. The third-order valence-corrected chi connectivity index (χ3v) is 1.55. The lowest BCUT2D eigenvalue weighted by atomic mass is 10.3. The van der Waals surface area contributed by atoms with E-state index in [0.717, 1.165) is 18.7 Å². The standard InChI is InChI=1S/C9H14N2.H4N2/c1-2-8-11(10)9-6-4-3-5-7-9;1-2/h3-7H,2,8,10H2,1H3;1-2H2. The summed E-state index contributed by atoms with van der Waals surface area (Å²) in [5.74, 6) is 13.7. The molecule has 0 aliphatic heterocycles. The van der Waals surface area contributed by atoms with Gasteiger partial charge in [0.15, 0.2) is 0 Å². The van der Waals surface area contributed by atoms with Crippen molar-refractivity contribution in [2.24, 2.45) is 17.5 Å². The highest BCUT2D eigenvalue weighted by molar-refractivity contribution is 5.43. The lowest BCUT2D eigenvalue weighted by Crippen LogP contribution is -2.31. The Bertz CT molecular complexity index is 200. The normalized spacial score (nSPS) is 8.62. The Morgan fingerprint density at radius 1 is 1.15 bits per heavy atom. The maximum atomic E-state index is 5.74. The second kappa shape index (κ2) is 7.54. The number of rotatable bonds is 3. The van der Waals surface area contributed by atoms with Gasteiger partial charge in [-0.05, 0) is 18.6 Å². The predicted octanol–water partition coefficient (Wildman–Crippen LogP) is 0.595. The van der Waals surface area contributed by atoms with Crippen molar-refractivity contribution in [2.75, 3.05) is 11.6 Å². The van der Waals surface area contributed by atoms with Crippen LogP contribution in [-0.4, -0.2) is 6.54 Å². The predicted molar refractivity (Wildman–Crippen MR) is 56.6 cm³/mol. The number of nitrogens with two attached hydrogens (primary N) is 3. The van der Waals surface area contributed by atoms with Crippen LogP contribution < -0.4 is 22.5 Å². The average Bonchev–Trinajstić information content (AvgIpc) is 2.23. The molecule has 4 nitrogen and oxygen atoms in total. The summed E-state index contributed by atoms with van der Waals surface area (Å²) in [7, 11) is 0. The molecule has 13 heavy (non-hydrogen) atoms. The first-order chi connectivity index (χ1) is 6.34. The van der Waals surface area contributed by atoms with Crippen LogP contribution in [-0.2, 0) is 0 Å². The van der Waals surface area contributed by atoms with Crippen molar-refractivity contribution in [3.05, 3.63) is 30.3 Å². The van der Waals surface area contributed by atoms with Crippen LogP contribution in [0.1, 0.15) is 13.3 Å². The van der Waals surface area contributed by atoms with Crippen molar-refractivity contribution >= 4 is 5.69 Å². The summed E-state index contributed by atoms with van der Waals surface area (Å²) in [6.45, 7) is 3.02. The van der Waals surface area contributed by atoms with Crippen molar-refractivity contribution < 1.29 is 0 Å². The number of benzene rings is 1. The van der Waals surface area contributed by atoms with Crippen molar-refractivity contribution in [1.29, 1.82) is 0 Å². The van der Waals surface area contributed by atoms with Crippen molar-refractivity contribution in [3.8, 4) is 0 Å². The van der Waals surface area contributed by atoms with Gasteiger partial charge >= 0.3 is 0 Å². The Balaban J connectivity index is 0.000000671. The van der Waals surface area contributed by atoms with Crippen LogP contribution in [0.3, 0.4) is 0 Å². The fourth-order valence-electron chi connectivity index (χ4n) is 0.989. The number of hydrogen-bond acceptors (Lipinski definition) is 4. The number of hydrazine groups is 2. The summed E-state index contributed by atoms with van der Waals surface area (Å²) in [6.07, 6.45) is 1.07. The van der Waals surface area contributed by atoms with E-state index in [-0.39, 0.29) is 0 Å². The summed E-state index contributed by atoms with van der Waals surface area (Å²) >= 11 is 0. The third-order valence-electron chi connectivity index (χ3n) is 1.55. The Morgan fingerprint density at radius 2 is 1.69 bits per heavy atom. The number of nitrogens with zero attached hydrogens (tertiary/aromatic N) is 1. The lowest BCUT2D eigenvalue weighted by molar-refractivity contribution is 0.805. The monoisotopic (exact) mass is 182 g/mol. The summed E-state index contributed by atoms with van der Waals surface area (Å²) in [4.78, 5) is 0. The molecular weight excluding hydrogens is 164 g/mol. The highest BCUT2D eigenvalue weighted by Gasteiger charge is 1.95. The van der Waals surface area contributed by atoms with Gasteiger partial charge in [-0.2, -0.15) is 0 Å². The Kier molecular flexibility index (Phi) is 6.91. The highest BCUT2D eigenvalue weighted by Crippen LogP contribution is 2.08. The highest BCUT2D eigenvalue weighted by atomic mass is 15.4. The van der Waals surface area contributed by atoms with Crippen LogP contribution in [0, 0.1) is 0 Å². The minimum atomic E-state index is 0.907. The van der Waals surface area contributed by atoms with E-state index in [4.69, 9.17) is 5.84 Å². The first-order valence-corrected chi connectivity index (χ1v) is 4.25. The number of para-hydroxylation sites is 1. The largest absolute Gasteiger partial charge is 0.311 e. The molecule has 0 radical (unpaired) electrons. The van der Waals surface area contributed by atoms with Gasteiger partial charge in [-0.15, -0.1) is 0 Å². The molecular formula is C9H18N4. The van der Waals surface area contributed by atoms with Crippen LogP contribution in [0.5, 0.6) is 0 Å². The van der Waals surface area contributed by atoms with Crippen LogP contribution in [0.2, 0.25) is 0 Å². The number of hydrogen-bond donors (Lipinski definition) is 3. The fourth-order valence-corrected chi connectivity index (χ4v) is 0.989. The van der Waals surface area contributed by atoms with Crippen molar-refractivity contribution in [2.45, 2.75) is 13.3 Å². The van der Waals surface area contributed by atoms with Crippen LogP contribution in [0.4, 0.5) is 5.69 Å². The van der Waals surface area contributed by atoms with Crippen molar-refractivity contribution in [3.63, 3.8) is 0 Å². The van der Waals surface area contributed by atoms with E-state index >= 15 is 0 Å². The van der Waals surface area contributed by atoms with E-state index in [1.807, 2.05) is 30.3 Å². The molecule has 0 aliphatic rings. The minimum Gasteiger partial charge on any atom is -0.311 e. The molecule has 1 aromatic carbocycles. The SMILES string of the molecule is CCCN(N)c1ccccc1.NN. The van der Waals surface area contributed by atoms with Gasteiger partial charge in [0, 0.05) is 6.54 Å². The van der Waals surface area contributed by atoms with Gasteiger partial charge in [0.05, 0.1) is 5.69 Å². The molecule has 0 amide bonds. The molecule has 4 heteroatoms. The molecule has 0 heterocycles. The zero-order valence-electron chi connectivity index (χ0n) is 7.98. The van der Waals surface area contributed by atoms with Gasteiger partial charge < -0.3 is 5.01 Å². The average molecular weight is 182 g/mol. The molecule has 1 rings (SSSR count). The summed E-state index contributed by atoms with van der Waals surface area (Å²) < 4.78 is 0. The molecule has 0 spiro atoms. The first-order valence-electron chi connectivity index (χ1n) is 4.25. The molecule has 0 aromatic heterocycles. The Hall–Kier alpha value is -1.10. The van der Waals surface area contributed by atoms with Crippen LogP contribution in [0.15, 0.2) is 30.3 Å². The number of anilines is 1. The summed E-state index contributed by atoms with van der Waals surface area (Å²) in [6, 6.07) is 9.99. The van der Waals surface area contributed by atoms with Crippen LogP contribution in [0.25, 0.3) is 0 Å². The molecule has 0 aliphatic carbocycles. The molecule has 0 unspecified atom stereocenters. The molecule has 6 N–H and O–H groups in total. The summed E-state index contributed by atoms with van der Waals surface area (Å²) in [5.41, 5.74) is 1.08. The van der Waals surface area contributed by atoms with E-state index in [1.54, 1.807) is 5.01 Å².